The number of nitrogens with one attached hydrogen (secondary N) is 1. The molecule has 0 radical (unpaired) electrons. The fourth-order valence-corrected chi connectivity index (χ4v) is 3.69. The maximum atomic E-state index is 4.49. The molecule has 2 saturated heterocycles. The number of hydrogen-bond donors (Lipinski definition) is 1. The summed E-state index contributed by atoms with van der Waals surface area (Å²) < 4.78 is 0. The first kappa shape index (κ1) is 19.5. The predicted octanol–water partition coefficient (Wildman–Crippen LogP) is 2.10. The number of rotatable bonds is 6. The van der Waals surface area contributed by atoms with E-state index < -0.39 is 0 Å². The molecule has 2 rings (SSSR count). The quantitative estimate of drug-likeness (QED) is 0.457. The molecule has 5 nitrogen and oxygen atoms in total. The van der Waals surface area contributed by atoms with Crippen molar-refractivity contribution in [1.82, 2.24) is 20.0 Å². The van der Waals surface area contributed by atoms with Gasteiger partial charge in [-0.25, -0.2) is 0 Å². The van der Waals surface area contributed by atoms with Crippen LogP contribution in [-0.2, 0) is 0 Å². The molecule has 140 valence electrons. The van der Waals surface area contributed by atoms with Gasteiger partial charge in [0.15, 0.2) is 5.96 Å². The van der Waals surface area contributed by atoms with Crippen LogP contribution in [0.25, 0.3) is 0 Å². The molecule has 2 heterocycles. The average molecular weight is 338 g/mol. The van der Waals surface area contributed by atoms with E-state index in [1.165, 1.54) is 52.1 Å². The smallest absolute Gasteiger partial charge is 0.194 e. The van der Waals surface area contributed by atoms with E-state index >= 15 is 0 Å². The van der Waals surface area contributed by atoms with Crippen LogP contribution >= 0.6 is 0 Å². The summed E-state index contributed by atoms with van der Waals surface area (Å²) in [6.45, 7) is 21.1. The van der Waals surface area contributed by atoms with Gasteiger partial charge in [0.25, 0.3) is 0 Å². The van der Waals surface area contributed by atoms with Gasteiger partial charge in [-0.15, -0.1) is 0 Å². The summed E-state index contributed by atoms with van der Waals surface area (Å²) in [4.78, 5) is 12.1. The van der Waals surface area contributed by atoms with Gasteiger partial charge in [-0.1, -0.05) is 20.8 Å². The highest BCUT2D eigenvalue weighted by Gasteiger charge is 2.53. The second-order valence-corrected chi connectivity index (χ2v) is 8.49. The second-order valence-electron chi connectivity index (χ2n) is 8.49. The Hall–Kier alpha value is -0.810. The van der Waals surface area contributed by atoms with Crippen LogP contribution in [0.5, 0.6) is 0 Å². The molecule has 0 aromatic heterocycles. The van der Waals surface area contributed by atoms with Gasteiger partial charge in [0.1, 0.15) is 0 Å². The number of unbranched alkanes of at least 4 members (excludes halogenated alkanes) is 1. The molecule has 1 N–H and O–H groups in total. The van der Waals surface area contributed by atoms with Crippen molar-refractivity contribution in [2.24, 2.45) is 10.4 Å². The molecule has 0 saturated carbocycles. The number of hydrogen-bond acceptors (Lipinski definition) is 3. The molecule has 2 aliphatic rings. The summed E-state index contributed by atoms with van der Waals surface area (Å²) in [6, 6.07) is 0. The van der Waals surface area contributed by atoms with Crippen molar-refractivity contribution >= 4 is 5.96 Å². The lowest BCUT2D eigenvalue weighted by Crippen LogP contribution is -2.72. The van der Waals surface area contributed by atoms with Crippen LogP contribution in [0.1, 0.15) is 47.5 Å². The van der Waals surface area contributed by atoms with Gasteiger partial charge in [0.05, 0.1) is 0 Å². The third kappa shape index (κ3) is 4.23. The Labute approximate surface area is 149 Å². The normalized spacial score (nSPS) is 24.8. The van der Waals surface area contributed by atoms with E-state index in [1.807, 2.05) is 7.05 Å². The first-order chi connectivity index (χ1) is 11.3. The van der Waals surface area contributed by atoms with Crippen molar-refractivity contribution in [1.29, 1.82) is 0 Å². The Morgan fingerprint density at radius 1 is 1.00 bits per heavy atom. The predicted molar refractivity (Wildman–Crippen MR) is 104 cm³/mol. The summed E-state index contributed by atoms with van der Waals surface area (Å²) in [5.41, 5.74) is 0.527. The Bertz CT molecular complexity index is 421. The van der Waals surface area contributed by atoms with E-state index in [4.69, 9.17) is 0 Å². The summed E-state index contributed by atoms with van der Waals surface area (Å²) in [5, 5.41) is 3.57. The van der Waals surface area contributed by atoms with E-state index in [0.29, 0.717) is 5.41 Å². The minimum absolute atomic E-state index is 0.174. The van der Waals surface area contributed by atoms with Crippen molar-refractivity contribution in [3.63, 3.8) is 0 Å². The molecule has 0 unspecified atom stereocenters. The van der Waals surface area contributed by atoms with Crippen LogP contribution in [0, 0.1) is 5.41 Å². The van der Waals surface area contributed by atoms with Gasteiger partial charge in [0.2, 0.25) is 0 Å². The van der Waals surface area contributed by atoms with Gasteiger partial charge in [0, 0.05) is 57.3 Å². The van der Waals surface area contributed by atoms with Crippen molar-refractivity contribution in [2.45, 2.75) is 53.0 Å². The first-order valence-corrected chi connectivity index (χ1v) is 9.75. The molecule has 0 aliphatic carbocycles. The molecule has 0 bridgehead atoms. The summed E-state index contributed by atoms with van der Waals surface area (Å²) in [6.07, 6.45) is 2.48. The maximum Gasteiger partial charge on any atom is 0.194 e. The van der Waals surface area contributed by atoms with Crippen LogP contribution in [0.4, 0.5) is 0 Å². The van der Waals surface area contributed by atoms with E-state index in [9.17, 15) is 0 Å². The van der Waals surface area contributed by atoms with Crippen molar-refractivity contribution in [2.75, 3.05) is 59.4 Å². The average Bonchev–Trinajstić information content (AvgIpc) is 2.57. The van der Waals surface area contributed by atoms with Crippen LogP contribution in [0.3, 0.4) is 0 Å². The highest BCUT2D eigenvalue weighted by Crippen LogP contribution is 2.46. The molecule has 24 heavy (non-hydrogen) atoms. The van der Waals surface area contributed by atoms with E-state index in [-0.39, 0.29) is 5.54 Å². The zero-order valence-corrected chi connectivity index (χ0v) is 16.9. The topological polar surface area (TPSA) is 34.1 Å². The molecule has 0 spiro atoms. The molecule has 0 aromatic rings. The van der Waals surface area contributed by atoms with Crippen LogP contribution in [-0.4, -0.2) is 85.6 Å². The highest BCUT2D eigenvalue weighted by molar-refractivity contribution is 5.81. The summed E-state index contributed by atoms with van der Waals surface area (Å²) in [7, 11) is 1.90. The Balaban J connectivity index is 1.62. The van der Waals surface area contributed by atoms with Gasteiger partial charge in [-0.3, -0.25) is 4.99 Å². The lowest BCUT2D eigenvalue weighted by molar-refractivity contribution is -0.0667. The fraction of sp³-hybridized carbons (Fsp3) is 0.947. The monoisotopic (exact) mass is 337 g/mol. The number of piperazine rings is 1. The van der Waals surface area contributed by atoms with Crippen LogP contribution in [0.2, 0.25) is 0 Å². The van der Waals surface area contributed by atoms with Crippen molar-refractivity contribution in [3.8, 4) is 0 Å². The third-order valence-corrected chi connectivity index (χ3v) is 6.45. The number of likely N-dealkylation sites (N-methyl/N-ethyl adjacent to an activating group) is 1. The minimum atomic E-state index is 0.174. The largest absolute Gasteiger partial charge is 0.356 e. The Kier molecular flexibility index (Phi) is 6.54. The number of guanidine groups is 1. The summed E-state index contributed by atoms with van der Waals surface area (Å²) in [5.74, 6) is 1.07. The van der Waals surface area contributed by atoms with Crippen LogP contribution in [0.15, 0.2) is 4.99 Å². The molecule has 5 heteroatoms. The van der Waals surface area contributed by atoms with E-state index in [1.54, 1.807) is 0 Å². The zero-order valence-electron chi connectivity index (χ0n) is 16.9. The molecule has 2 fully saturated rings. The number of nitrogens with zero attached hydrogens (tertiary/aromatic N) is 4. The van der Waals surface area contributed by atoms with Gasteiger partial charge < -0.3 is 20.0 Å². The fourth-order valence-electron chi connectivity index (χ4n) is 3.69. The van der Waals surface area contributed by atoms with E-state index in [0.717, 1.165) is 19.0 Å². The van der Waals surface area contributed by atoms with Crippen molar-refractivity contribution < 1.29 is 0 Å². The van der Waals surface area contributed by atoms with Gasteiger partial charge in [-0.2, -0.15) is 0 Å². The lowest BCUT2D eigenvalue weighted by Gasteiger charge is -2.62. The molecule has 0 amide bonds. The maximum absolute atomic E-state index is 4.49. The second kappa shape index (κ2) is 8.05. The standard InChI is InChI=1S/C19H39N5/c1-7-22-12-14-23(15-13-22)11-9-8-10-21-17(20-6)24-16-18(2,3)19(24,4)5/h7-16H2,1-6H3,(H,20,21). The highest BCUT2D eigenvalue weighted by atomic mass is 15.4. The zero-order chi connectivity index (χ0) is 17.8. The lowest BCUT2D eigenvalue weighted by atomic mass is 9.65. The van der Waals surface area contributed by atoms with E-state index in [2.05, 4.69) is 59.6 Å². The third-order valence-electron chi connectivity index (χ3n) is 6.45. The van der Waals surface area contributed by atoms with Crippen molar-refractivity contribution in [3.05, 3.63) is 0 Å². The Morgan fingerprint density at radius 3 is 2.12 bits per heavy atom. The molecule has 0 aromatic carbocycles. The number of likely N-dealkylation sites (tertiary alicyclic amines) is 1. The SMILES string of the molecule is CCN1CCN(CCCCNC(=NC)N2CC(C)(C)C2(C)C)CC1. The van der Waals surface area contributed by atoms with Gasteiger partial charge >= 0.3 is 0 Å². The van der Waals surface area contributed by atoms with Gasteiger partial charge in [-0.05, 0) is 39.8 Å². The minimum Gasteiger partial charge on any atom is -0.356 e. The molecule has 2 aliphatic heterocycles. The molecule has 0 atom stereocenters. The van der Waals surface area contributed by atoms with Crippen LogP contribution < -0.4 is 5.32 Å². The Morgan fingerprint density at radius 2 is 1.62 bits per heavy atom. The number of aliphatic imine (C=N–C) groups is 1. The first-order valence-electron chi connectivity index (χ1n) is 9.75. The molecular weight excluding hydrogens is 298 g/mol. The molecular formula is C19H39N5. The summed E-state index contributed by atoms with van der Waals surface area (Å²) >= 11 is 0.